The van der Waals surface area contributed by atoms with Crippen molar-refractivity contribution in [3.05, 3.63) is 111 Å². The third-order valence-electron chi connectivity index (χ3n) is 8.00. The second-order valence-corrected chi connectivity index (χ2v) is 16.0. The summed E-state index contributed by atoms with van der Waals surface area (Å²) in [7, 11) is -2.55. The van der Waals surface area contributed by atoms with Crippen molar-refractivity contribution in [1.29, 1.82) is 0 Å². The van der Waals surface area contributed by atoms with E-state index in [1.165, 1.54) is 60.1 Å². The second-order valence-electron chi connectivity index (χ2n) is 10.1. The molecule has 0 saturated heterocycles. The molecule has 0 bridgehead atoms. The molecule has 3 aromatic rings. The Hall–Kier alpha value is -1.06. The molecule has 0 saturated carbocycles. The molecule has 4 rings (SSSR count). The van der Waals surface area contributed by atoms with E-state index < -0.39 is 8.07 Å². The second kappa shape index (κ2) is 12.2. The molecule has 0 spiro atoms. The first kappa shape index (κ1) is 33.0. The molecule has 3 aromatic carbocycles. The Labute approximate surface area is 249 Å². The van der Waals surface area contributed by atoms with Gasteiger partial charge in [-0.1, -0.05) is 0 Å². The van der Waals surface area contributed by atoms with Crippen molar-refractivity contribution in [2.75, 3.05) is 0 Å². The first-order valence-electron chi connectivity index (χ1n) is 11.9. The monoisotopic (exact) mass is 588 g/mol. The smallest absolute Gasteiger partial charge is 1.00 e. The van der Waals surface area contributed by atoms with E-state index in [2.05, 4.69) is 143 Å². The van der Waals surface area contributed by atoms with Gasteiger partial charge in [0.05, 0.1) is 0 Å². The largest absolute Gasteiger partial charge is 1.00 e. The molecule has 0 heterocycles. The maximum absolute atomic E-state index is 2.55. The number of aryl methyl sites for hydroxylation is 4. The third kappa shape index (κ3) is 5.01. The molecular weight excluding hydrogens is 555 g/mol. The van der Waals surface area contributed by atoms with Crippen LogP contribution >= 0.6 is 0 Å². The van der Waals surface area contributed by atoms with Gasteiger partial charge < -0.3 is 37.2 Å². The van der Waals surface area contributed by atoms with E-state index in [1.54, 1.807) is 0 Å². The normalized spacial score (nSPS) is 14.7. The predicted octanol–water partition coefficient (Wildman–Crippen LogP) is -2.67. The molecule has 1 aliphatic carbocycles. The molecule has 0 N–H and O–H groups in total. The van der Waals surface area contributed by atoms with Gasteiger partial charge in [-0.05, 0) is 0 Å². The van der Waals surface area contributed by atoms with Crippen LogP contribution in [0.5, 0.6) is 0 Å². The van der Waals surface area contributed by atoms with Crippen LogP contribution in [0.15, 0.2) is 89.0 Å². The predicted molar refractivity (Wildman–Crippen MR) is 142 cm³/mol. The van der Waals surface area contributed by atoms with Crippen LogP contribution in [0.2, 0.25) is 3.34 Å². The molecular formula is C31H35Cl3SiTi. The fraction of sp³-hybridized carbons (Fsp3) is 0.290. The summed E-state index contributed by atoms with van der Waals surface area (Å²) in [6.45, 7) is 18.3. The number of benzene rings is 3. The van der Waals surface area contributed by atoms with Crippen LogP contribution in [-0.2, 0) is 20.4 Å². The van der Waals surface area contributed by atoms with Crippen molar-refractivity contribution in [2.45, 2.75) is 58.7 Å². The van der Waals surface area contributed by atoms with E-state index in [4.69, 9.17) is 0 Å². The summed E-state index contributed by atoms with van der Waals surface area (Å²) in [5.41, 5.74) is 11.3. The molecule has 5 heteroatoms. The Morgan fingerprint density at radius 2 is 0.806 bits per heavy atom. The number of hydrogen-bond acceptors (Lipinski definition) is 0. The Kier molecular flexibility index (Phi) is 11.2. The van der Waals surface area contributed by atoms with Gasteiger partial charge in [-0.2, -0.15) is 0 Å². The molecule has 0 unspecified atom stereocenters. The number of halogens is 3. The summed E-state index contributed by atoms with van der Waals surface area (Å²) in [4.78, 5) is 0. The number of rotatable bonds is 4. The first-order valence-corrected chi connectivity index (χ1v) is 14.7. The van der Waals surface area contributed by atoms with Gasteiger partial charge in [-0.15, -0.1) is 0 Å². The summed E-state index contributed by atoms with van der Waals surface area (Å²) in [5.74, 6) is 0. The zero-order chi connectivity index (χ0) is 24.1. The minimum Gasteiger partial charge on any atom is -1.00 e. The van der Waals surface area contributed by atoms with E-state index in [1.807, 2.05) is 0 Å². The quantitative estimate of drug-likeness (QED) is 0.230. The standard InChI is InChI=1S/C31H35Si.3ClH.Ti/c1-20-9-13-28(14-10-20)32(29-15-11-21(2)12-16-29,30-18-22(3)17-23(4)19-30)31-26(7)24(5)25(6)27(31)8;;;;/h9-19H,1-8H3;3*1H;/q;;;;+3/p-3. The van der Waals surface area contributed by atoms with Crippen LogP contribution < -0.4 is 52.8 Å². The van der Waals surface area contributed by atoms with Gasteiger partial charge in [0.1, 0.15) is 0 Å². The van der Waals surface area contributed by atoms with Crippen LogP contribution in [0.4, 0.5) is 0 Å². The number of hydrogen-bond donors (Lipinski definition) is 0. The van der Waals surface area contributed by atoms with Gasteiger partial charge in [0.2, 0.25) is 0 Å². The molecule has 0 aliphatic heterocycles. The Morgan fingerprint density at radius 3 is 1.14 bits per heavy atom. The Bertz CT molecular complexity index is 1200. The van der Waals surface area contributed by atoms with Crippen LogP contribution in [-0.4, -0.2) is 8.07 Å². The van der Waals surface area contributed by atoms with E-state index in [0.29, 0.717) is 0 Å². The minimum atomic E-state index is -2.55. The van der Waals surface area contributed by atoms with Crippen molar-refractivity contribution in [1.82, 2.24) is 0 Å². The average Bonchev–Trinajstić information content (AvgIpc) is 2.92. The van der Waals surface area contributed by atoms with Gasteiger partial charge >= 0.3 is 214 Å². The topological polar surface area (TPSA) is 0 Å². The summed E-state index contributed by atoms with van der Waals surface area (Å²) in [5, 5.41) is 4.49. The van der Waals surface area contributed by atoms with Crippen LogP contribution in [0.1, 0.15) is 49.9 Å². The fourth-order valence-corrected chi connectivity index (χ4v) is 14.6. The SMILES string of the molecule is CC1=C(C)[C]([Ti+3])([Si](c2ccc(C)cc2)(c2ccc(C)cc2)c2cc(C)cc(C)c2)C(C)=C1C.[Cl-].[Cl-].[Cl-]. The molecule has 36 heavy (non-hydrogen) atoms. The van der Waals surface area contributed by atoms with Gasteiger partial charge in [0.15, 0.2) is 0 Å². The van der Waals surface area contributed by atoms with Crippen molar-refractivity contribution in [3.8, 4) is 0 Å². The van der Waals surface area contributed by atoms with Crippen LogP contribution in [0.25, 0.3) is 0 Å². The van der Waals surface area contributed by atoms with E-state index >= 15 is 0 Å². The third-order valence-corrected chi connectivity index (χ3v) is 16.4. The molecule has 1 aliphatic rings. The number of allylic oxidation sites excluding steroid dienone is 4. The fourth-order valence-electron chi connectivity index (χ4n) is 5.92. The summed E-state index contributed by atoms with van der Waals surface area (Å²) < 4.78 is -0.0497. The van der Waals surface area contributed by atoms with E-state index in [0.717, 1.165) is 0 Å². The molecule has 0 fully saturated rings. The Morgan fingerprint density at radius 1 is 0.472 bits per heavy atom. The zero-order valence-electron chi connectivity index (χ0n) is 22.5. The first-order chi connectivity index (χ1) is 15.5. The average molecular weight is 590 g/mol. The van der Waals surface area contributed by atoms with E-state index in [-0.39, 0.29) is 40.6 Å². The van der Waals surface area contributed by atoms with Crippen molar-refractivity contribution in [2.24, 2.45) is 0 Å². The molecule has 0 atom stereocenters. The van der Waals surface area contributed by atoms with Gasteiger partial charge in [-0.25, -0.2) is 0 Å². The molecule has 0 radical (unpaired) electrons. The van der Waals surface area contributed by atoms with Crippen molar-refractivity contribution >= 4 is 23.6 Å². The van der Waals surface area contributed by atoms with Crippen LogP contribution in [0, 0.1) is 27.7 Å². The van der Waals surface area contributed by atoms with Gasteiger partial charge in [0.25, 0.3) is 0 Å². The maximum Gasteiger partial charge on any atom is -1.00 e. The zero-order valence-corrected chi connectivity index (χ0v) is 27.3. The summed E-state index contributed by atoms with van der Waals surface area (Å²) in [6, 6.07) is 26.2. The van der Waals surface area contributed by atoms with Gasteiger partial charge in [-0.3, -0.25) is 0 Å². The van der Waals surface area contributed by atoms with Gasteiger partial charge in [0, 0.05) is 0 Å². The Balaban J connectivity index is 0.00000216. The molecule has 0 nitrogen and oxygen atoms in total. The minimum absolute atomic E-state index is 0. The molecule has 188 valence electrons. The van der Waals surface area contributed by atoms with Crippen molar-refractivity contribution < 1.29 is 57.7 Å². The molecule has 0 aromatic heterocycles. The summed E-state index contributed by atoms with van der Waals surface area (Å²) in [6.07, 6.45) is 0. The maximum atomic E-state index is 2.54. The van der Waals surface area contributed by atoms with Crippen molar-refractivity contribution in [3.63, 3.8) is 0 Å². The van der Waals surface area contributed by atoms with E-state index in [9.17, 15) is 0 Å². The summed E-state index contributed by atoms with van der Waals surface area (Å²) >= 11 is 2.54. The van der Waals surface area contributed by atoms with Crippen LogP contribution in [0.3, 0.4) is 0 Å². The molecule has 0 amide bonds.